The van der Waals surface area contributed by atoms with E-state index < -0.39 is 6.09 Å². The Balaban J connectivity index is 1.83. The average molecular weight is 273 g/mol. The Morgan fingerprint density at radius 2 is 1.75 bits per heavy atom. The number of methoxy groups -OCH3 is 1. The predicted molar refractivity (Wildman–Crippen MR) is 74.9 cm³/mol. The number of aromatic hydroxyl groups is 1. The first-order valence-corrected chi connectivity index (χ1v) is 6.03. The van der Waals surface area contributed by atoms with Crippen LogP contribution in [0.4, 0.5) is 10.5 Å². The van der Waals surface area contributed by atoms with E-state index in [4.69, 9.17) is 14.6 Å². The second-order valence-corrected chi connectivity index (χ2v) is 4.10. The highest BCUT2D eigenvalue weighted by atomic mass is 16.5. The first kappa shape index (κ1) is 13.7. The number of amides is 1. The maximum Gasteiger partial charge on any atom is 0.411 e. The molecule has 1 amide bonds. The van der Waals surface area contributed by atoms with E-state index in [-0.39, 0.29) is 12.4 Å². The van der Waals surface area contributed by atoms with Crippen LogP contribution >= 0.6 is 0 Å². The van der Waals surface area contributed by atoms with Crippen molar-refractivity contribution in [1.29, 1.82) is 0 Å². The minimum absolute atomic E-state index is 0.141. The van der Waals surface area contributed by atoms with Crippen molar-refractivity contribution in [3.63, 3.8) is 0 Å². The third-order valence-corrected chi connectivity index (χ3v) is 2.64. The Morgan fingerprint density at radius 3 is 2.35 bits per heavy atom. The molecule has 2 N–H and O–H groups in total. The second kappa shape index (κ2) is 6.47. The summed E-state index contributed by atoms with van der Waals surface area (Å²) in [5.74, 6) is 0.893. The number of ether oxygens (including phenoxy) is 2. The number of anilines is 1. The van der Waals surface area contributed by atoms with E-state index in [1.165, 1.54) is 12.1 Å². The molecule has 2 aromatic rings. The van der Waals surface area contributed by atoms with Crippen LogP contribution in [0.2, 0.25) is 0 Å². The van der Waals surface area contributed by atoms with Crippen LogP contribution in [0.1, 0.15) is 5.56 Å². The quantitative estimate of drug-likeness (QED) is 0.840. The smallest absolute Gasteiger partial charge is 0.411 e. The van der Waals surface area contributed by atoms with E-state index in [1.807, 2.05) is 12.1 Å². The van der Waals surface area contributed by atoms with Gasteiger partial charge in [-0.1, -0.05) is 12.1 Å². The zero-order valence-corrected chi connectivity index (χ0v) is 11.0. The highest BCUT2D eigenvalue weighted by molar-refractivity contribution is 5.84. The molecule has 5 nitrogen and oxygen atoms in total. The van der Waals surface area contributed by atoms with Crippen LogP contribution in [0.5, 0.6) is 11.5 Å². The van der Waals surface area contributed by atoms with Crippen molar-refractivity contribution in [3.8, 4) is 11.5 Å². The molecule has 0 aliphatic carbocycles. The molecule has 2 rings (SSSR count). The summed E-state index contributed by atoms with van der Waals surface area (Å²) in [5.41, 5.74) is 1.43. The lowest BCUT2D eigenvalue weighted by Crippen LogP contribution is -2.13. The molecule has 0 fully saturated rings. The fourth-order valence-corrected chi connectivity index (χ4v) is 1.57. The SMILES string of the molecule is COc1ccc(COC(=O)Nc2ccc(O)cc2)cc1. The first-order chi connectivity index (χ1) is 9.67. The lowest BCUT2D eigenvalue weighted by atomic mass is 10.2. The molecule has 0 saturated heterocycles. The number of phenolic OH excluding ortho intramolecular Hbond substituents is 1. The number of phenols is 1. The number of hydrogen-bond donors (Lipinski definition) is 2. The molecule has 2 aromatic carbocycles. The van der Waals surface area contributed by atoms with Gasteiger partial charge < -0.3 is 14.6 Å². The van der Waals surface area contributed by atoms with Gasteiger partial charge in [0.15, 0.2) is 0 Å². The van der Waals surface area contributed by atoms with Gasteiger partial charge in [-0.15, -0.1) is 0 Å². The monoisotopic (exact) mass is 273 g/mol. The average Bonchev–Trinajstić information content (AvgIpc) is 2.48. The minimum atomic E-state index is -0.550. The van der Waals surface area contributed by atoms with Crippen LogP contribution < -0.4 is 10.1 Å². The second-order valence-electron chi connectivity index (χ2n) is 4.10. The van der Waals surface area contributed by atoms with E-state index in [0.29, 0.717) is 5.69 Å². The maximum atomic E-state index is 11.6. The van der Waals surface area contributed by atoms with Crippen molar-refractivity contribution in [2.24, 2.45) is 0 Å². The number of rotatable bonds is 4. The molecule has 0 aliphatic rings. The molecular weight excluding hydrogens is 258 g/mol. The number of carbonyl (C=O) groups excluding carboxylic acids is 1. The Hall–Kier alpha value is -2.69. The van der Waals surface area contributed by atoms with Crippen molar-refractivity contribution in [2.45, 2.75) is 6.61 Å². The summed E-state index contributed by atoms with van der Waals surface area (Å²) < 4.78 is 10.1. The fourth-order valence-electron chi connectivity index (χ4n) is 1.57. The molecule has 0 aliphatic heterocycles. The zero-order chi connectivity index (χ0) is 14.4. The van der Waals surface area contributed by atoms with Gasteiger partial charge in [0.25, 0.3) is 0 Å². The molecule has 0 atom stereocenters. The number of hydrogen-bond acceptors (Lipinski definition) is 4. The van der Waals surface area contributed by atoms with Gasteiger partial charge in [-0.05, 0) is 42.0 Å². The minimum Gasteiger partial charge on any atom is -0.508 e. The van der Waals surface area contributed by atoms with Crippen LogP contribution in [0, 0.1) is 0 Å². The largest absolute Gasteiger partial charge is 0.508 e. The highest BCUT2D eigenvalue weighted by Gasteiger charge is 2.04. The Kier molecular flexibility index (Phi) is 4.44. The van der Waals surface area contributed by atoms with Gasteiger partial charge in [0.2, 0.25) is 0 Å². The summed E-state index contributed by atoms with van der Waals surface area (Å²) in [6.07, 6.45) is -0.550. The normalized spacial score (nSPS) is 9.85. The standard InChI is InChI=1S/C15H15NO4/c1-19-14-8-2-11(3-9-14)10-20-15(18)16-12-4-6-13(17)7-5-12/h2-9,17H,10H2,1H3,(H,16,18). The fraction of sp³-hybridized carbons (Fsp3) is 0.133. The van der Waals surface area contributed by atoms with Gasteiger partial charge in [-0.25, -0.2) is 4.79 Å². The number of carbonyl (C=O) groups is 1. The van der Waals surface area contributed by atoms with Crippen molar-refractivity contribution in [2.75, 3.05) is 12.4 Å². The number of nitrogens with one attached hydrogen (secondary N) is 1. The summed E-state index contributed by atoms with van der Waals surface area (Å²) in [5, 5.41) is 11.7. The maximum absolute atomic E-state index is 11.6. The molecule has 0 spiro atoms. The molecule has 0 bridgehead atoms. The van der Waals surface area contributed by atoms with Crippen LogP contribution in [0.25, 0.3) is 0 Å². The van der Waals surface area contributed by atoms with Gasteiger partial charge in [0, 0.05) is 5.69 Å². The first-order valence-electron chi connectivity index (χ1n) is 6.03. The molecule has 5 heteroatoms. The van der Waals surface area contributed by atoms with E-state index in [0.717, 1.165) is 11.3 Å². The van der Waals surface area contributed by atoms with E-state index >= 15 is 0 Å². The number of benzene rings is 2. The van der Waals surface area contributed by atoms with Crippen molar-refractivity contribution < 1.29 is 19.4 Å². The highest BCUT2D eigenvalue weighted by Crippen LogP contribution is 2.15. The van der Waals surface area contributed by atoms with Crippen LogP contribution in [-0.2, 0) is 11.3 Å². The summed E-state index contributed by atoms with van der Waals surface area (Å²) >= 11 is 0. The summed E-state index contributed by atoms with van der Waals surface area (Å²) in [6.45, 7) is 0.175. The van der Waals surface area contributed by atoms with Gasteiger partial charge in [0.05, 0.1) is 7.11 Å². The predicted octanol–water partition coefficient (Wildman–Crippen LogP) is 3.15. The van der Waals surface area contributed by atoms with Gasteiger partial charge in [-0.3, -0.25) is 5.32 Å². The lowest BCUT2D eigenvalue weighted by molar-refractivity contribution is 0.155. The van der Waals surface area contributed by atoms with Crippen molar-refractivity contribution >= 4 is 11.8 Å². The Bertz CT molecular complexity index is 563. The molecule has 0 unspecified atom stereocenters. The van der Waals surface area contributed by atoms with Gasteiger partial charge in [0.1, 0.15) is 18.1 Å². The van der Waals surface area contributed by atoms with Gasteiger partial charge in [-0.2, -0.15) is 0 Å². The van der Waals surface area contributed by atoms with Gasteiger partial charge >= 0.3 is 6.09 Å². The van der Waals surface area contributed by atoms with E-state index in [9.17, 15) is 4.79 Å². The molecule has 0 radical (unpaired) electrons. The van der Waals surface area contributed by atoms with E-state index in [2.05, 4.69) is 5.32 Å². The summed E-state index contributed by atoms with van der Waals surface area (Å²) in [4.78, 5) is 11.6. The Labute approximate surface area is 116 Å². The van der Waals surface area contributed by atoms with Crippen molar-refractivity contribution in [1.82, 2.24) is 0 Å². The van der Waals surface area contributed by atoms with Crippen LogP contribution in [-0.4, -0.2) is 18.3 Å². The summed E-state index contributed by atoms with van der Waals surface area (Å²) in [6, 6.07) is 13.4. The topological polar surface area (TPSA) is 67.8 Å². The van der Waals surface area contributed by atoms with Crippen LogP contribution in [0.15, 0.2) is 48.5 Å². The summed E-state index contributed by atoms with van der Waals surface area (Å²) in [7, 11) is 1.59. The lowest BCUT2D eigenvalue weighted by Gasteiger charge is -2.07. The molecule has 0 heterocycles. The van der Waals surface area contributed by atoms with Crippen molar-refractivity contribution in [3.05, 3.63) is 54.1 Å². The molecular formula is C15H15NO4. The third-order valence-electron chi connectivity index (χ3n) is 2.64. The zero-order valence-electron chi connectivity index (χ0n) is 11.0. The third kappa shape index (κ3) is 3.91. The molecule has 20 heavy (non-hydrogen) atoms. The molecule has 0 aromatic heterocycles. The van der Waals surface area contributed by atoms with Crippen LogP contribution in [0.3, 0.4) is 0 Å². The van der Waals surface area contributed by atoms with E-state index in [1.54, 1.807) is 31.4 Å². The molecule has 104 valence electrons. The molecule has 0 saturated carbocycles. The Morgan fingerprint density at radius 1 is 1.10 bits per heavy atom.